The van der Waals surface area contributed by atoms with Crippen molar-refractivity contribution >= 4 is 10.9 Å². The normalized spacial score (nSPS) is 11.4. The lowest BCUT2D eigenvalue weighted by molar-refractivity contribution is 0.415. The summed E-state index contributed by atoms with van der Waals surface area (Å²) >= 11 is 0. The van der Waals surface area contributed by atoms with Gasteiger partial charge in [0.05, 0.1) is 5.52 Å². The van der Waals surface area contributed by atoms with Gasteiger partial charge >= 0.3 is 0 Å². The fourth-order valence-electron chi connectivity index (χ4n) is 2.59. The zero-order chi connectivity index (χ0) is 12.5. The Labute approximate surface area is 107 Å². The van der Waals surface area contributed by atoms with E-state index in [4.69, 9.17) is 0 Å². The molecule has 2 aliphatic rings. The monoisotopic (exact) mass is 239 g/mol. The molecule has 0 fully saturated rings. The summed E-state index contributed by atoms with van der Waals surface area (Å²) in [7, 11) is 0. The van der Waals surface area contributed by atoms with Crippen LogP contribution in [0.1, 0.15) is 19.8 Å². The van der Waals surface area contributed by atoms with E-state index in [9.17, 15) is 5.11 Å². The van der Waals surface area contributed by atoms with E-state index in [1.807, 2.05) is 22.8 Å². The minimum atomic E-state index is 0.391. The van der Waals surface area contributed by atoms with Gasteiger partial charge in [-0.1, -0.05) is 43.7 Å². The highest BCUT2D eigenvalue weighted by Crippen LogP contribution is 2.39. The van der Waals surface area contributed by atoms with Crippen molar-refractivity contribution < 1.29 is 5.11 Å². The van der Waals surface area contributed by atoms with Crippen molar-refractivity contribution in [1.29, 1.82) is 0 Å². The molecule has 0 saturated carbocycles. The number of hydrogen-bond acceptors (Lipinski definition) is 1. The van der Waals surface area contributed by atoms with Crippen LogP contribution < -0.4 is 0 Å². The molecule has 2 nitrogen and oxygen atoms in total. The lowest BCUT2D eigenvalue weighted by Crippen LogP contribution is -2.03. The van der Waals surface area contributed by atoms with E-state index in [1.165, 1.54) is 5.39 Å². The van der Waals surface area contributed by atoms with E-state index < -0.39 is 0 Å². The van der Waals surface area contributed by atoms with Crippen molar-refractivity contribution in [1.82, 2.24) is 4.57 Å². The predicted octanol–water partition coefficient (Wildman–Crippen LogP) is 4.25. The van der Waals surface area contributed by atoms with Crippen LogP contribution in [0.4, 0.5) is 0 Å². The van der Waals surface area contributed by atoms with Crippen molar-refractivity contribution in [2.45, 2.75) is 26.3 Å². The fourth-order valence-corrected chi connectivity index (χ4v) is 2.59. The number of aryl methyl sites for hydroxylation is 1. The Morgan fingerprint density at radius 3 is 2.61 bits per heavy atom. The Kier molecular flexibility index (Phi) is 2.71. The molecule has 0 spiro atoms. The first kappa shape index (κ1) is 11.1. The molecule has 0 saturated heterocycles. The third-order valence-electron chi connectivity index (χ3n) is 3.53. The first-order valence-corrected chi connectivity index (χ1v) is 6.52. The molecule has 0 amide bonds. The molecule has 0 aromatic heterocycles. The average molecular weight is 239 g/mol. The minimum absolute atomic E-state index is 0.391. The number of unbranched alkanes of at least 4 members (excludes halogenated alkanes) is 1. The van der Waals surface area contributed by atoms with Crippen LogP contribution in [0.15, 0.2) is 42.5 Å². The quantitative estimate of drug-likeness (QED) is 0.726. The van der Waals surface area contributed by atoms with Crippen LogP contribution in [-0.2, 0) is 6.54 Å². The molecule has 0 unspecified atom stereocenters. The van der Waals surface area contributed by atoms with Crippen LogP contribution >= 0.6 is 0 Å². The molecular weight excluding hydrogens is 222 g/mol. The largest absolute Gasteiger partial charge is 0.494 e. The Bertz CT molecular complexity index is 654. The highest BCUT2D eigenvalue weighted by Gasteiger charge is 2.16. The van der Waals surface area contributed by atoms with E-state index in [0.29, 0.717) is 5.88 Å². The maximum Gasteiger partial charge on any atom is 0.199 e. The molecular formula is C16H17NO. The zero-order valence-electron chi connectivity index (χ0n) is 10.6. The third-order valence-corrected chi connectivity index (χ3v) is 3.53. The summed E-state index contributed by atoms with van der Waals surface area (Å²) < 4.78 is 2.03. The molecule has 18 heavy (non-hydrogen) atoms. The number of nitrogens with zero attached hydrogens (tertiary/aromatic N) is 1. The topological polar surface area (TPSA) is 25.2 Å². The average Bonchev–Trinajstić information content (AvgIpc) is 2.88. The molecule has 3 rings (SSSR count). The number of aromatic hydroxyl groups is 1. The van der Waals surface area contributed by atoms with Crippen molar-refractivity contribution in [3.8, 4) is 17.0 Å². The number of aromatic nitrogens is 1. The van der Waals surface area contributed by atoms with Gasteiger partial charge in [-0.15, -0.1) is 0 Å². The zero-order valence-corrected chi connectivity index (χ0v) is 10.6. The standard InChI is InChI=1S/C16H17NO/c1-2-3-11-17-15-10-5-4-7-13(15)12-8-6-9-14(12)16(17)18/h4-10,18H,2-3,11H2,1H3. The van der Waals surface area contributed by atoms with E-state index >= 15 is 0 Å². The second-order valence-electron chi connectivity index (χ2n) is 4.70. The number of fused-ring (bicyclic) bond motifs is 3. The first-order valence-electron chi connectivity index (χ1n) is 6.52. The highest BCUT2D eigenvalue weighted by atomic mass is 16.3. The van der Waals surface area contributed by atoms with E-state index in [0.717, 1.165) is 36.0 Å². The van der Waals surface area contributed by atoms with Gasteiger partial charge in [-0.05, 0) is 24.1 Å². The van der Waals surface area contributed by atoms with Gasteiger partial charge in [0, 0.05) is 17.5 Å². The maximum atomic E-state index is 10.4. The Morgan fingerprint density at radius 2 is 1.78 bits per heavy atom. The fraction of sp³-hybridized carbons (Fsp3) is 0.250. The number of rotatable bonds is 3. The van der Waals surface area contributed by atoms with Gasteiger partial charge in [-0.3, -0.25) is 0 Å². The Balaban J connectivity index is 2.34. The van der Waals surface area contributed by atoms with E-state index in [1.54, 1.807) is 0 Å². The lowest BCUT2D eigenvalue weighted by atomic mass is 10.0. The van der Waals surface area contributed by atoms with Crippen molar-refractivity contribution in [3.05, 3.63) is 42.5 Å². The summed E-state index contributed by atoms with van der Waals surface area (Å²) in [5, 5.41) is 11.6. The predicted molar refractivity (Wildman–Crippen MR) is 75.1 cm³/mol. The van der Waals surface area contributed by atoms with Crippen molar-refractivity contribution in [3.63, 3.8) is 0 Å². The Morgan fingerprint density at radius 1 is 1.00 bits per heavy atom. The molecule has 0 bridgehead atoms. The molecule has 0 radical (unpaired) electrons. The molecule has 92 valence electrons. The number of benzene rings is 1. The van der Waals surface area contributed by atoms with Crippen molar-refractivity contribution in [2.24, 2.45) is 0 Å². The van der Waals surface area contributed by atoms with Crippen LogP contribution in [0.5, 0.6) is 5.88 Å². The maximum absolute atomic E-state index is 10.4. The molecule has 1 aliphatic carbocycles. The summed E-state index contributed by atoms with van der Waals surface area (Å²) in [6.07, 6.45) is 2.20. The van der Waals surface area contributed by atoms with Gasteiger partial charge in [0.25, 0.3) is 0 Å². The van der Waals surface area contributed by atoms with Gasteiger partial charge < -0.3 is 9.67 Å². The molecule has 1 aliphatic heterocycles. The van der Waals surface area contributed by atoms with Crippen LogP contribution in [0, 0.1) is 0 Å². The Hall–Kier alpha value is -1.96. The summed E-state index contributed by atoms with van der Waals surface area (Å²) in [5.74, 6) is 0.391. The number of para-hydroxylation sites is 1. The van der Waals surface area contributed by atoms with Gasteiger partial charge in [0.15, 0.2) is 5.88 Å². The van der Waals surface area contributed by atoms with Gasteiger partial charge in [0.2, 0.25) is 0 Å². The van der Waals surface area contributed by atoms with Crippen molar-refractivity contribution in [2.75, 3.05) is 0 Å². The van der Waals surface area contributed by atoms with Gasteiger partial charge in [-0.2, -0.15) is 0 Å². The highest BCUT2D eigenvalue weighted by molar-refractivity contribution is 5.98. The first-order chi connectivity index (χ1) is 8.83. The van der Waals surface area contributed by atoms with Crippen LogP contribution in [0.3, 0.4) is 0 Å². The summed E-state index contributed by atoms with van der Waals surface area (Å²) in [4.78, 5) is 0. The van der Waals surface area contributed by atoms with Gasteiger partial charge in [-0.25, -0.2) is 0 Å². The van der Waals surface area contributed by atoms with E-state index in [2.05, 4.69) is 31.2 Å². The second kappa shape index (κ2) is 4.37. The smallest absolute Gasteiger partial charge is 0.199 e. The summed E-state index contributed by atoms with van der Waals surface area (Å²) in [5.41, 5.74) is 3.20. The molecule has 1 aromatic rings. The molecule has 1 aromatic carbocycles. The summed E-state index contributed by atoms with van der Waals surface area (Å²) in [6.45, 7) is 3.03. The molecule has 1 N–H and O–H groups in total. The van der Waals surface area contributed by atoms with Crippen LogP contribution in [0.25, 0.3) is 22.0 Å². The van der Waals surface area contributed by atoms with Crippen LogP contribution in [-0.4, -0.2) is 9.67 Å². The summed E-state index contributed by atoms with van der Waals surface area (Å²) in [6, 6.07) is 14.3. The molecule has 2 heteroatoms. The SMILES string of the molecule is CCCCn1c(O)c2cccc-2c2ccccc21. The third kappa shape index (κ3) is 1.57. The molecule has 1 heterocycles. The number of pyridine rings is 1. The lowest BCUT2D eigenvalue weighted by Gasteiger charge is -2.17. The van der Waals surface area contributed by atoms with Crippen LogP contribution in [0.2, 0.25) is 0 Å². The minimum Gasteiger partial charge on any atom is -0.494 e. The molecule has 0 atom stereocenters. The van der Waals surface area contributed by atoms with Gasteiger partial charge in [0.1, 0.15) is 0 Å². The second-order valence-corrected chi connectivity index (χ2v) is 4.70. The van der Waals surface area contributed by atoms with E-state index in [-0.39, 0.29) is 0 Å². The number of hydrogen-bond donors (Lipinski definition) is 1.